The number of hydrogen-bond acceptors (Lipinski definition) is 1. The molecule has 2 atom stereocenters. The van der Waals surface area contributed by atoms with E-state index in [2.05, 4.69) is 0 Å². The summed E-state index contributed by atoms with van der Waals surface area (Å²) in [6.07, 6.45) is 2.20. The Hall–Kier alpha value is 0.140. The molecule has 0 aromatic rings. The summed E-state index contributed by atoms with van der Waals surface area (Å²) in [5.74, 6) is -4.89. The van der Waals surface area contributed by atoms with Crippen LogP contribution >= 0.6 is 34.8 Å². The number of halogens is 5. The minimum atomic E-state index is -3.14. The van der Waals surface area contributed by atoms with E-state index in [-0.39, 0.29) is 0 Å². The molecule has 1 aliphatic rings. The van der Waals surface area contributed by atoms with Crippen LogP contribution in [0.15, 0.2) is 12.2 Å². The molecular formula is C8H7Cl3F2O. The van der Waals surface area contributed by atoms with Crippen LogP contribution in [-0.2, 0) is 4.79 Å². The molecule has 6 heteroatoms. The fourth-order valence-electron chi connectivity index (χ4n) is 1.44. The minimum Gasteiger partial charge on any atom is -0.276 e. The summed E-state index contributed by atoms with van der Waals surface area (Å²) >= 11 is 15.9. The van der Waals surface area contributed by atoms with E-state index < -0.39 is 27.3 Å². The van der Waals surface area contributed by atoms with E-state index in [1.54, 1.807) is 0 Å². The zero-order valence-electron chi connectivity index (χ0n) is 7.11. The quantitative estimate of drug-likeness (QED) is 0.424. The zero-order chi connectivity index (χ0) is 11.1. The second-order valence-electron chi connectivity index (χ2n) is 3.22. The van der Waals surface area contributed by atoms with Gasteiger partial charge in [0.15, 0.2) is 4.33 Å². The molecule has 1 rings (SSSR count). The highest BCUT2D eigenvalue weighted by atomic mass is 35.5. The van der Waals surface area contributed by atoms with Crippen LogP contribution in [0.25, 0.3) is 0 Å². The van der Waals surface area contributed by atoms with Crippen molar-refractivity contribution in [2.24, 2.45) is 11.8 Å². The number of allylic oxidation sites excluding steroid dienone is 2. The van der Waals surface area contributed by atoms with Crippen LogP contribution in [0.2, 0.25) is 0 Å². The molecule has 0 aliphatic heterocycles. The largest absolute Gasteiger partial charge is 0.284 e. The Balaban J connectivity index is 2.80. The van der Waals surface area contributed by atoms with Crippen LogP contribution in [0.4, 0.5) is 8.78 Å². The smallest absolute Gasteiger partial charge is 0.276 e. The lowest BCUT2D eigenvalue weighted by molar-refractivity contribution is -0.162. The molecule has 14 heavy (non-hydrogen) atoms. The second-order valence-corrected chi connectivity index (χ2v) is 4.98. The highest BCUT2D eigenvalue weighted by Gasteiger charge is 2.71. The van der Waals surface area contributed by atoms with Crippen molar-refractivity contribution in [1.82, 2.24) is 0 Å². The highest BCUT2D eigenvalue weighted by Crippen LogP contribution is 2.62. The molecule has 1 nitrogen and oxygen atoms in total. The summed E-state index contributed by atoms with van der Waals surface area (Å²) in [7, 11) is 0. The van der Waals surface area contributed by atoms with Crippen molar-refractivity contribution in [2.45, 2.75) is 17.2 Å². The Morgan fingerprint density at radius 2 is 1.93 bits per heavy atom. The van der Waals surface area contributed by atoms with Crippen molar-refractivity contribution >= 4 is 40.0 Å². The van der Waals surface area contributed by atoms with Gasteiger partial charge < -0.3 is 0 Å². The fraction of sp³-hybridized carbons (Fsp3) is 0.625. The van der Waals surface area contributed by atoms with Crippen molar-refractivity contribution in [3.63, 3.8) is 0 Å². The Labute approximate surface area is 95.0 Å². The molecule has 80 valence electrons. The number of carbonyl (C=O) groups excluding carboxylic acids is 1. The van der Waals surface area contributed by atoms with Gasteiger partial charge in [0.2, 0.25) is 5.24 Å². The molecule has 0 aromatic carbocycles. The molecule has 2 unspecified atom stereocenters. The van der Waals surface area contributed by atoms with Crippen LogP contribution < -0.4 is 0 Å². The first-order valence-electron chi connectivity index (χ1n) is 3.84. The van der Waals surface area contributed by atoms with E-state index in [1.165, 1.54) is 13.0 Å². The first-order valence-corrected chi connectivity index (χ1v) is 4.98. The maximum Gasteiger partial charge on any atom is 0.284 e. The van der Waals surface area contributed by atoms with Gasteiger partial charge in [0.05, 0.1) is 0 Å². The lowest BCUT2D eigenvalue weighted by Gasteiger charge is -2.51. The number of hydrogen-bond donors (Lipinski definition) is 0. The summed E-state index contributed by atoms with van der Waals surface area (Å²) in [5, 5.41) is -0.739. The van der Waals surface area contributed by atoms with Gasteiger partial charge in [-0.1, -0.05) is 36.2 Å². The van der Waals surface area contributed by atoms with Gasteiger partial charge in [-0.2, -0.15) is 0 Å². The van der Waals surface area contributed by atoms with Crippen molar-refractivity contribution in [3.8, 4) is 0 Å². The summed E-state index contributed by atoms with van der Waals surface area (Å²) in [5.41, 5.74) is 0. The SMILES string of the molecule is CC1C(C=CC(=O)Cl)C(Cl)(Cl)C1(F)F. The van der Waals surface area contributed by atoms with E-state index in [0.717, 1.165) is 6.08 Å². The molecule has 0 aromatic heterocycles. The Bertz CT molecular complexity index is 288. The van der Waals surface area contributed by atoms with Crippen molar-refractivity contribution in [3.05, 3.63) is 12.2 Å². The molecule has 0 spiro atoms. The molecule has 1 saturated carbocycles. The minimum absolute atomic E-state index is 0.739. The molecule has 0 bridgehead atoms. The molecule has 0 amide bonds. The van der Waals surface area contributed by atoms with Crippen molar-refractivity contribution in [2.75, 3.05) is 0 Å². The van der Waals surface area contributed by atoms with Crippen LogP contribution in [0.1, 0.15) is 6.92 Å². The van der Waals surface area contributed by atoms with E-state index in [9.17, 15) is 13.6 Å². The number of carbonyl (C=O) groups is 1. The molecule has 0 saturated heterocycles. The Morgan fingerprint density at radius 1 is 1.43 bits per heavy atom. The molecule has 0 N–H and O–H groups in total. The number of alkyl halides is 4. The average molecular weight is 263 g/mol. The molecule has 1 fully saturated rings. The topological polar surface area (TPSA) is 17.1 Å². The van der Waals surface area contributed by atoms with Crippen molar-refractivity contribution in [1.29, 1.82) is 0 Å². The average Bonchev–Trinajstić information content (AvgIpc) is 2.02. The fourth-order valence-corrected chi connectivity index (χ4v) is 2.38. The molecule has 0 radical (unpaired) electrons. The summed E-state index contributed by atoms with van der Waals surface area (Å²) in [4.78, 5) is 10.4. The first kappa shape index (κ1) is 12.2. The third-order valence-electron chi connectivity index (χ3n) is 2.41. The van der Waals surface area contributed by atoms with Gasteiger partial charge in [-0.15, -0.1) is 0 Å². The van der Waals surface area contributed by atoms with Gasteiger partial charge in [-0.05, 0) is 17.7 Å². The normalized spacial score (nSPS) is 34.1. The summed E-state index contributed by atoms with van der Waals surface area (Å²) < 4.78 is 24.0. The predicted octanol–water partition coefficient (Wildman–Crippen LogP) is 3.38. The molecule has 1 aliphatic carbocycles. The zero-order valence-corrected chi connectivity index (χ0v) is 9.38. The number of rotatable bonds is 2. The lowest BCUT2D eigenvalue weighted by Crippen LogP contribution is -2.63. The maximum atomic E-state index is 13.1. The van der Waals surface area contributed by atoms with E-state index in [0.29, 0.717) is 0 Å². The second kappa shape index (κ2) is 3.62. The Morgan fingerprint density at radius 3 is 2.29 bits per heavy atom. The summed E-state index contributed by atoms with van der Waals surface area (Å²) in [6.45, 7) is 1.32. The molecular weight excluding hydrogens is 256 g/mol. The van der Waals surface area contributed by atoms with Gasteiger partial charge >= 0.3 is 0 Å². The highest BCUT2D eigenvalue weighted by molar-refractivity contribution is 6.66. The van der Waals surface area contributed by atoms with E-state index >= 15 is 0 Å². The maximum absolute atomic E-state index is 13.1. The predicted molar refractivity (Wildman–Crippen MR) is 52.0 cm³/mol. The Kier molecular flexibility index (Phi) is 3.15. The van der Waals surface area contributed by atoms with Crippen molar-refractivity contribution < 1.29 is 13.6 Å². The lowest BCUT2D eigenvalue weighted by atomic mass is 9.70. The standard InChI is InChI=1S/C8H7Cl3F2O/c1-4-5(2-3-6(9)14)7(10,11)8(4,12)13/h2-5H,1H3. The van der Waals surface area contributed by atoms with E-state index in [1.807, 2.05) is 0 Å². The van der Waals surface area contributed by atoms with Gasteiger partial charge in [0.25, 0.3) is 5.92 Å². The van der Waals surface area contributed by atoms with Gasteiger partial charge in [0, 0.05) is 11.8 Å². The van der Waals surface area contributed by atoms with E-state index in [4.69, 9.17) is 34.8 Å². The first-order chi connectivity index (χ1) is 6.21. The van der Waals surface area contributed by atoms with Crippen LogP contribution in [0.3, 0.4) is 0 Å². The van der Waals surface area contributed by atoms with Crippen LogP contribution in [-0.4, -0.2) is 15.5 Å². The third kappa shape index (κ3) is 1.66. The summed E-state index contributed by atoms with van der Waals surface area (Å²) in [6, 6.07) is 0. The van der Waals surface area contributed by atoms with Gasteiger partial charge in [0.1, 0.15) is 0 Å². The molecule has 0 heterocycles. The van der Waals surface area contributed by atoms with Gasteiger partial charge in [-0.25, -0.2) is 8.78 Å². The van der Waals surface area contributed by atoms with Gasteiger partial charge in [-0.3, -0.25) is 4.79 Å². The van der Waals surface area contributed by atoms with Crippen LogP contribution in [0.5, 0.6) is 0 Å². The monoisotopic (exact) mass is 262 g/mol. The van der Waals surface area contributed by atoms with Crippen LogP contribution in [0, 0.1) is 11.8 Å². The third-order valence-corrected chi connectivity index (χ3v) is 3.54.